The fourth-order valence-electron chi connectivity index (χ4n) is 5.29. The van der Waals surface area contributed by atoms with Gasteiger partial charge in [-0.1, -0.05) is 17.7 Å². The molecule has 28 heavy (non-hydrogen) atoms. The SMILES string of the molecule is Cc1ccc2nc(C(=O)N3CCC[C@@]4(C5=CCOCC5)COCC[C@H]34)[nH]c2c1. The first-order chi connectivity index (χ1) is 13.7. The minimum Gasteiger partial charge on any atom is -0.380 e. The van der Waals surface area contributed by atoms with Gasteiger partial charge in [0.15, 0.2) is 5.82 Å². The predicted molar refractivity (Wildman–Crippen MR) is 106 cm³/mol. The van der Waals surface area contributed by atoms with Gasteiger partial charge in [-0.25, -0.2) is 4.98 Å². The third kappa shape index (κ3) is 2.86. The van der Waals surface area contributed by atoms with E-state index in [9.17, 15) is 4.79 Å². The monoisotopic (exact) mass is 381 g/mol. The minimum absolute atomic E-state index is 0.0116. The number of ether oxygens (including phenoxy) is 2. The summed E-state index contributed by atoms with van der Waals surface area (Å²) in [7, 11) is 0. The van der Waals surface area contributed by atoms with Crippen molar-refractivity contribution in [3.8, 4) is 0 Å². The van der Waals surface area contributed by atoms with Crippen molar-refractivity contribution in [3.63, 3.8) is 0 Å². The van der Waals surface area contributed by atoms with Gasteiger partial charge in [0.2, 0.25) is 0 Å². The van der Waals surface area contributed by atoms with Gasteiger partial charge in [0, 0.05) is 24.6 Å². The van der Waals surface area contributed by atoms with Crippen LogP contribution in [0.5, 0.6) is 0 Å². The van der Waals surface area contributed by atoms with Crippen LogP contribution in [0.4, 0.5) is 0 Å². The largest absolute Gasteiger partial charge is 0.380 e. The molecule has 4 heterocycles. The van der Waals surface area contributed by atoms with Gasteiger partial charge < -0.3 is 19.4 Å². The van der Waals surface area contributed by atoms with Crippen LogP contribution in [-0.2, 0) is 9.47 Å². The fourth-order valence-corrected chi connectivity index (χ4v) is 5.29. The Labute approximate surface area is 164 Å². The number of nitrogens with zero attached hydrogens (tertiary/aromatic N) is 2. The number of rotatable bonds is 2. The molecule has 3 aliphatic heterocycles. The van der Waals surface area contributed by atoms with E-state index in [2.05, 4.69) is 20.9 Å². The van der Waals surface area contributed by atoms with E-state index in [0.29, 0.717) is 25.6 Å². The molecule has 1 aromatic heterocycles. The maximum absolute atomic E-state index is 13.5. The zero-order valence-electron chi connectivity index (χ0n) is 16.4. The van der Waals surface area contributed by atoms with E-state index in [4.69, 9.17) is 9.47 Å². The van der Waals surface area contributed by atoms with E-state index >= 15 is 0 Å². The fraction of sp³-hybridized carbons (Fsp3) is 0.545. The van der Waals surface area contributed by atoms with Crippen LogP contribution in [0.1, 0.15) is 41.9 Å². The van der Waals surface area contributed by atoms with E-state index in [1.807, 2.05) is 25.1 Å². The van der Waals surface area contributed by atoms with Gasteiger partial charge >= 0.3 is 0 Å². The van der Waals surface area contributed by atoms with Gasteiger partial charge in [-0.15, -0.1) is 0 Å². The Morgan fingerprint density at radius 2 is 2.25 bits per heavy atom. The number of hydrogen-bond acceptors (Lipinski definition) is 4. The van der Waals surface area contributed by atoms with Crippen molar-refractivity contribution in [2.45, 2.75) is 38.6 Å². The summed E-state index contributed by atoms with van der Waals surface area (Å²) in [5.74, 6) is 0.460. The lowest BCUT2D eigenvalue weighted by Gasteiger charge is -2.53. The molecule has 0 bridgehead atoms. The Bertz CT molecular complexity index is 930. The third-order valence-electron chi connectivity index (χ3n) is 6.63. The molecule has 5 rings (SSSR count). The number of hydrogen-bond donors (Lipinski definition) is 1. The van der Waals surface area contributed by atoms with E-state index in [-0.39, 0.29) is 17.4 Å². The molecular weight excluding hydrogens is 354 g/mol. The lowest BCUT2D eigenvalue weighted by atomic mass is 9.65. The average Bonchev–Trinajstić information content (AvgIpc) is 3.16. The van der Waals surface area contributed by atoms with Crippen LogP contribution in [-0.4, -0.2) is 59.8 Å². The molecule has 1 N–H and O–H groups in total. The zero-order chi connectivity index (χ0) is 19.1. The second kappa shape index (κ2) is 7.01. The standard InChI is InChI=1S/C22H27N3O3/c1-15-3-4-17-18(13-15)24-20(23-17)21(26)25-9-2-8-22(14-28-12-7-19(22)25)16-5-10-27-11-6-16/h3-5,13,19H,2,6-12,14H2,1H3,(H,23,24)/t19-,22-/m0/s1. The van der Waals surface area contributed by atoms with Crippen molar-refractivity contribution in [1.82, 2.24) is 14.9 Å². The first-order valence-corrected chi connectivity index (χ1v) is 10.3. The van der Waals surface area contributed by atoms with Crippen LogP contribution < -0.4 is 0 Å². The molecule has 0 unspecified atom stereocenters. The summed E-state index contributed by atoms with van der Waals surface area (Å²) < 4.78 is 11.5. The molecule has 6 heteroatoms. The molecule has 0 radical (unpaired) electrons. The molecule has 2 saturated heterocycles. The van der Waals surface area contributed by atoms with Gasteiger partial charge in [0.1, 0.15) is 0 Å². The van der Waals surface area contributed by atoms with Gasteiger partial charge in [0.05, 0.1) is 30.9 Å². The zero-order valence-corrected chi connectivity index (χ0v) is 16.4. The van der Waals surface area contributed by atoms with Crippen LogP contribution in [0.15, 0.2) is 29.8 Å². The number of carbonyl (C=O) groups excluding carboxylic acids is 1. The van der Waals surface area contributed by atoms with Gasteiger partial charge in [-0.2, -0.15) is 0 Å². The van der Waals surface area contributed by atoms with Crippen molar-refractivity contribution >= 4 is 16.9 Å². The Morgan fingerprint density at radius 3 is 3.11 bits per heavy atom. The lowest BCUT2D eigenvalue weighted by Crippen LogP contribution is -2.59. The first-order valence-electron chi connectivity index (χ1n) is 10.3. The predicted octanol–water partition coefficient (Wildman–Crippen LogP) is 3.23. The minimum atomic E-state index is -0.0709. The van der Waals surface area contributed by atoms with Gasteiger partial charge in [-0.05, 0) is 50.3 Å². The summed E-state index contributed by atoms with van der Waals surface area (Å²) in [6.07, 6.45) is 6.11. The quantitative estimate of drug-likeness (QED) is 0.811. The number of aryl methyl sites for hydroxylation is 1. The Balaban J connectivity index is 1.49. The second-order valence-corrected chi connectivity index (χ2v) is 8.28. The number of likely N-dealkylation sites (tertiary alicyclic amines) is 1. The summed E-state index contributed by atoms with van der Waals surface area (Å²) in [5.41, 5.74) is 4.27. The number of nitrogens with one attached hydrogen (secondary N) is 1. The molecule has 148 valence electrons. The summed E-state index contributed by atoms with van der Waals surface area (Å²) in [5, 5.41) is 0. The van der Waals surface area contributed by atoms with Gasteiger partial charge in [-0.3, -0.25) is 4.79 Å². The number of piperidine rings is 1. The van der Waals surface area contributed by atoms with Gasteiger partial charge in [0.25, 0.3) is 5.91 Å². The van der Waals surface area contributed by atoms with Crippen molar-refractivity contribution in [2.24, 2.45) is 5.41 Å². The van der Waals surface area contributed by atoms with Crippen LogP contribution >= 0.6 is 0 Å². The third-order valence-corrected chi connectivity index (χ3v) is 6.63. The molecule has 2 aromatic rings. The molecule has 1 amide bonds. The van der Waals surface area contributed by atoms with E-state index in [1.165, 1.54) is 5.57 Å². The highest BCUT2D eigenvalue weighted by molar-refractivity contribution is 5.94. The second-order valence-electron chi connectivity index (χ2n) is 8.28. The Morgan fingerprint density at radius 1 is 1.32 bits per heavy atom. The molecular formula is C22H27N3O3. The molecule has 0 saturated carbocycles. The number of amides is 1. The average molecular weight is 381 g/mol. The number of aromatic amines is 1. The summed E-state index contributed by atoms with van der Waals surface area (Å²) in [6.45, 7) is 5.67. The molecule has 0 aliphatic carbocycles. The van der Waals surface area contributed by atoms with Crippen LogP contribution in [0.3, 0.4) is 0 Å². The number of H-pyrrole nitrogens is 1. The number of carbonyl (C=O) groups is 1. The van der Waals surface area contributed by atoms with E-state index in [0.717, 1.165) is 55.4 Å². The highest BCUT2D eigenvalue weighted by Crippen LogP contribution is 2.48. The van der Waals surface area contributed by atoms with E-state index in [1.54, 1.807) is 0 Å². The van der Waals surface area contributed by atoms with Crippen LogP contribution in [0.2, 0.25) is 0 Å². The lowest BCUT2D eigenvalue weighted by molar-refractivity contribution is -0.0741. The maximum atomic E-state index is 13.5. The van der Waals surface area contributed by atoms with Crippen LogP contribution in [0.25, 0.3) is 11.0 Å². The first kappa shape index (κ1) is 17.9. The molecule has 2 fully saturated rings. The van der Waals surface area contributed by atoms with Crippen molar-refractivity contribution in [2.75, 3.05) is 33.0 Å². The molecule has 0 spiro atoms. The van der Waals surface area contributed by atoms with Crippen molar-refractivity contribution in [1.29, 1.82) is 0 Å². The van der Waals surface area contributed by atoms with E-state index < -0.39 is 0 Å². The van der Waals surface area contributed by atoms with Crippen molar-refractivity contribution in [3.05, 3.63) is 41.2 Å². The normalized spacial score (nSPS) is 28.1. The number of fused-ring (bicyclic) bond motifs is 2. The summed E-state index contributed by atoms with van der Waals surface area (Å²) in [6, 6.07) is 6.21. The topological polar surface area (TPSA) is 67.5 Å². The smallest absolute Gasteiger partial charge is 0.289 e. The molecule has 6 nitrogen and oxygen atoms in total. The highest BCUT2D eigenvalue weighted by Gasteiger charge is 2.50. The Hall–Kier alpha value is -2.18. The number of benzene rings is 1. The number of aromatic nitrogens is 2. The molecule has 2 atom stereocenters. The maximum Gasteiger partial charge on any atom is 0.289 e. The highest BCUT2D eigenvalue weighted by atomic mass is 16.5. The summed E-state index contributed by atoms with van der Waals surface area (Å²) >= 11 is 0. The Kier molecular flexibility index (Phi) is 4.48. The molecule has 1 aromatic carbocycles. The molecule has 3 aliphatic rings. The van der Waals surface area contributed by atoms with Crippen molar-refractivity contribution < 1.29 is 14.3 Å². The number of imidazole rings is 1. The summed E-state index contributed by atoms with van der Waals surface area (Å²) in [4.78, 5) is 23.4. The van der Waals surface area contributed by atoms with Crippen LogP contribution in [0, 0.1) is 12.3 Å².